The Labute approximate surface area is 261 Å². The fraction of sp³-hybridized carbons (Fsp3) is 0.111. The van der Waals surface area contributed by atoms with Gasteiger partial charge in [0.1, 0.15) is 0 Å². The van der Waals surface area contributed by atoms with Crippen molar-refractivity contribution < 1.29 is 30.5 Å². The Bertz CT molecular complexity index is 1770. The van der Waals surface area contributed by atoms with Gasteiger partial charge in [0.25, 0.3) is 0 Å². The van der Waals surface area contributed by atoms with E-state index < -0.39 is 0 Å². The molecule has 0 fully saturated rings. The summed E-state index contributed by atoms with van der Waals surface area (Å²) in [6.07, 6.45) is 5.61. The molecule has 0 N–H and O–H groups in total. The number of benzene rings is 4. The minimum atomic E-state index is -0.00108. The molecule has 6 aromatic rings. The average molecular weight is 731 g/mol. The second kappa shape index (κ2) is 12.6. The van der Waals surface area contributed by atoms with Crippen LogP contribution >= 0.6 is 0 Å². The molecule has 0 saturated heterocycles. The van der Waals surface area contributed by atoms with Gasteiger partial charge >= 0.3 is 21.1 Å². The zero-order valence-electron chi connectivity index (χ0n) is 23.5. The minimum absolute atomic E-state index is 0. The van der Waals surface area contributed by atoms with Crippen LogP contribution in [0.25, 0.3) is 27.9 Å². The van der Waals surface area contributed by atoms with Gasteiger partial charge in [0.15, 0.2) is 0 Å². The number of rotatable bonds is 7. The molecule has 0 aliphatic heterocycles. The largest absolute Gasteiger partial charge is 2.00 e. The van der Waals surface area contributed by atoms with Crippen molar-refractivity contribution in [2.24, 2.45) is 0 Å². The van der Waals surface area contributed by atoms with Crippen LogP contribution < -0.4 is 9.47 Å². The van der Waals surface area contributed by atoms with E-state index in [2.05, 4.69) is 91.5 Å². The topological polar surface area (TPSA) is 49.2 Å². The van der Waals surface area contributed by atoms with Crippen molar-refractivity contribution in [2.45, 2.75) is 26.2 Å². The zero-order valence-corrected chi connectivity index (χ0v) is 25.8. The molecule has 0 spiro atoms. The molecule has 0 unspecified atom stereocenters. The normalized spacial score (nSPS) is 11.0. The molecule has 0 radical (unpaired) electrons. The Kier molecular flexibility index (Phi) is 8.70. The van der Waals surface area contributed by atoms with E-state index in [4.69, 9.17) is 9.47 Å². The first kappa shape index (κ1) is 29.0. The van der Waals surface area contributed by atoms with E-state index in [1.54, 1.807) is 10.9 Å². The van der Waals surface area contributed by atoms with Gasteiger partial charge in [-0.3, -0.25) is 4.68 Å². The summed E-state index contributed by atoms with van der Waals surface area (Å²) in [5, 5.41) is 4.57. The number of hydrogen-bond acceptors (Lipinski definition) is 4. The van der Waals surface area contributed by atoms with Gasteiger partial charge in [0.2, 0.25) is 5.88 Å². The van der Waals surface area contributed by atoms with Gasteiger partial charge in [-0.25, -0.2) is 4.98 Å². The molecule has 2 heterocycles. The van der Waals surface area contributed by atoms with Crippen LogP contribution in [0.3, 0.4) is 0 Å². The molecule has 210 valence electrons. The maximum absolute atomic E-state index is 6.09. The number of pyridine rings is 1. The maximum atomic E-state index is 6.09. The molecule has 2 aromatic heterocycles. The molecule has 5 nitrogen and oxygen atoms in total. The SMILES string of the molecule is CC(C)(C)c1ccnc(Oc2[c-]c(Oc3[c-]c(-n4cc(-c5ccc(-c6ccccc6)cc5)cn4)ccc3)ccc2)c1.[Pt+2]. The van der Waals surface area contributed by atoms with Crippen molar-refractivity contribution in [3.05, 3.63) is 139 Å². The molecule has 42 heavy (non-hydrogen) atoms. The first-order chi connectivity index (χ1) is 19.9. The summed E-state index contributed by atoms with van der Waals surface area (Å²) in [5.41, 5.74) is 6.41. The third-order valence-electron chi connectivity index (χ3n) is 6.68. The van der Waals surface area contributed by atoms with Crippen LogP contribution in [0, 0.1) is 12.1 Å². The predicted octanol–water partition coefficient (Wildman–Crippen LogP) is 9.08. The van der Waals surface area contributed by atoms with Gasteiger partial charge < -0.3 is 9.47 Å². The number of nitrogens with zero attached hydrogens (tertiary/aromatic N) is 3. The Balaban J connectivity index is 0.00000353. The smallest absolute Gasteiger partial charge is 0.509 e. The van der Waals surface area contributed by atoms with Crippen LogP contribution in [0.1, 0.15) is 26.3 Å². The van der Waals surface area contributed by atoms with E-state index in [9.17, 15) is 0 Å². The van der Waals surface area contributed by atoms with Gasteiger partial charge in [-0.05, 0) is 39.4 Å². The average Bonchev–Trinajstić information content (AvgIpc) is 3.49. The Morgan fingerprint density at radius 3 is 1.98 bits per heavy atom. The van der Waals surface area contributed by atoms with Crippen LogP contribution in [-0.4, -0.2) is 14.8 Å². The first-order valence-electron chi connectivity index (χ1n) is 13.5. The van der Waals surface area contributed by atoms with E-state index in [-0.39, 0.29) is 26.5 Å². The van der Waals surface area contributed by atoms with Crippen molar-refractivity contribution >= 4 is 0 Å². The fourth-order valence-corrected chi connectivity index (χ4v) is 4.43. The van der Waals surface area contributed by atoms with E-state index in [1.165, 1.54) is 11.1 Å². The standard InChI is InChI=1S/C36H29N3O2.Pt/c1-36(2,3)30-19-20-37-35(21-30)41-34-14-8-13-33(23-34)40-32-12-7-11-31(22-32)39-25-29(24-38-39)28-17-15-27(16-18-28)26-9-5-4-6-10-26;/h4-21,24-25H,1-3H3;/q-2;+2. The van der Waals surface area contributed by atoms with Gasteiger partial charge in [-0.15, -0.1) is 30.3 Å². The molecular formula is C36H29N3O2Pt. The Morgan fingerprint density at radius 1 is 0.643 bits per heavy atom. The van der Waals surface area contributed by atoms with Crippen molar-refractivity contribution in [1.82, 2.24) is 14.8 Å². The zero-order chi connectivity index (χ0) is 28.2. The maximum Gasteiger partial charge on any atom is 2.00 e. The second-order valence-electron chi connectivity index (χ2n) is 10.7. The van der Waals surface area contributed by atoms with Crippen LogP contribution in [-0.2, 0) is 26.5 Å². The van der Waals surface area contributed by atoms with Crippen LogP contribution in [0.2, 0.25) is 0 Å². The molecule has 0 saturated carbocycles. The van der Waals surface area contributed by atoms with E-state index in [0.29, 0.717) is 23.1 Å². The second-order valence-corrected chi connectivity index (χ2v) is 10.7. The molecular weight excluding hydrogens is 701 g/mol. The summed E-state index contributed by atoms with van der Waals surface area (Å²) in [4.78, 5) is 4.35. The summed E-state index contributed by atoms with van der Waals surface area (Å²) in [7, 11) is 0. The first-order valence-corrected chi connectivity index (χ1v) is 13.5. The van der Waals surface area contributed by atoms with Gasteiger partial charge in [-0.2, -0.15) is 17.2 Å². The number of hydrogen-bond donors (Lipinski definition) is 0. The molecule has 0 aliphatic rings. The van der Waals surface area contributed by atoms with Crippen molar-refractivity contribution in [3.8, 4) is 51.1 Å². The van der Waals surface area contributed by atoms with Crippen LogP contribution in [0.15, 0.2) is 122 Å². The quantitative estimate of drug-likeness (QED) is 0.154. The number of aromatic nitrogens is 3. The predicted molar refractivity (Wildman–Crippen MR) is 162 cm³/mol. The molecule has 0 amide bonds. The molecule has 0 bridgehead atoms. The van der Waals surface area contributed by atoms with Gasteiger partial charge in [0, 0.05) is 41.3 Å². The summed E-state index contributed by atoms with van der Waals surface area (Å²) in [5.74, 6) is 2.10. The molecule has 6 heteroatoms. The molecule has 6 rings (SSSR count). The number of ether oxygens (including phenoxy) is 2. The van der Waals surface area contributed by atoms with E-state index in [1.807, 2.05) is 67.0 Å². The molecule has 0 atom stereocenters. The summed E-state index contributed by atoms with van der Waals surface area (Å²) >= 11 is 0. The van der Waals surface area contributed by atoms with Crippen molar-refractivity contribution in [2.75, 3.05) is 0 Å². The Hall–Kier alpha value is -4.47. The third kappa shape index (κ3) is 6.87. The van der Waals surface area contributed by atoms with Crippen molar-refractivity contribution in [3.63, 3.8) is 0 Å². The monoisotopic (exact) mass is 730 g/mol. The summed E-state index contributed by atoms with van der Waals surface area (Å²) in [6, 6.07) is 40.5. The van der Waals surface area contributed by atoms with E-state index >= 15 is 0 Å². The summed E-state index contributed by atoms with van der Waals surface area (Å²) in [6.45, 7) is 6.47. The fourth-order valence-electron chi connectivity index (χ4n) is 4.43. The molecule has 0 aliphatic carbocycles. The third-order valence-corrected chi connectivity index (χ3v) is 6.68. The van der Waals surface area contributed by atoms with Crippen molar-refractivity contribution in [1.29, 1.82) is 0 Å². The summed E-state index contributed by atoms with van der Waals surface area (Å²) < 4.78 is 13.9. The van der Waals surface area contributed by atoms with Gasteiger partial charge in [0.05, 0.1) is 6.20 Å². The minimum Gasteiger partial charge on any atom is -0.509 e. The molecule has 4 aromatic carbocycles. The Morgan fingerprint density at radius 2 is 1.26 bits per heavy atom. The van der Waals surface area contributed by atoms with Crippen LogP contribution in [0.4, 0.5) is 0 Å². The van der Waals surface area contributed by atoms with Crippen LogP contribution in [0.5, 0.6) is 23.1 Å². The van der Waals surface area contributed by atoms with E-state index in [0.717, 1.165) is 22.4 Å². The van der Waals surface area contributed by atoms with Gasteiger partial charge in [-0.1, -0.05) is 81.4 Å².